The van der Waals surface area contributed by atoms with E-state index in [1.807, 2.05) is 24.0 Å². The van der Waals surface area contributed by atoms with Crippen LogP contribution < -0.4 is 0 Å². The number of aliphatic hydroxyl groups is 1. The molecule has 34 heavy (non-hydrogen) atoms. The maximum Gasteiger partial charge on any atom is 0.311 e. The molecule has 8 heteroatoms. The van der Waals surface area contributed by atoms with Crippen LogP contribution in [0.25, 0.3) is 0 Å². The summed E-state index contributed by atoms with van der Waals surface area (Å²) in [7, 11) is 0. The minimum absolute atomic E-state index is 0.0216. The van der Waals surface area contributed by atoms with Crippen molar-refractivity contribution in [3.05, 3.63) is 24.3 Å². The summed E-state index contributed by atoms with van der Waals surface area (Å²) in [5.41, 5.74) is 0. The van der Waals surface area contributed by atoms with E-state index in [-0.39, 0.29) is 30.4 Å². The van der Waals surface area contributed by atoms with E-state index in [4.69, 9.17) is 4.74 Å². The highest BCUT2D eigenvalue weighted by molar-refractivity contribution is 8.02. The van der Waals surface area contributed by atoms with Gasteiger partial charge in [0.1, 0.15) is 6.04 Å². The first kappa shape index (κ1) is 25.3. The predicted octanol–water partition coefficient (Wildman–Crippen LogP) is 2.93. The van der Waals surface area contributed by atoms with Gasteiger partial charge in [-0.25, -0.2) is 0 Å². The number of unbranched alkanes of at least 4 members (excludes halogenated alkanes) is 2. The van der Waals surface area contributed by atoms with Crippen LogP contribution in [0.3, 0.4) is 0 Å². The molecule has 6 atom stereocenters. The normalized spacial score (nSPS) is 35.9. The lowest BCUT2D eigenvalue weighted by molar-refractivity contribution is -0.154. The third-order valence-corrected chi connectivity index (χ3v) is 9.64. The fraction of sp³-hybridized carbons (Fsp3) is 0.731. The van der Waals surface area contributed by atoms with Gasteiger partial charge in [-0.15, -0.1) is 11.8 Å². The summed E-state index contributed by atoms with van der Waals surface area (Å²) >= 11 is 1.60. The maximum absolute atomic E-state index is 14.2. The number of carbonyl (C=O) groups excluding carboxylic acids is 3. The van der Waals surface area contributed by atoms with E-state index in [1.165, 1.54) is 0 Å². The zero-order chi connectivity index (χ0) is 24.5. The zero-order valence-corrected chi connectivity index (χ0v) is 21.4. The number of carbonyl (C=O) groups is 3. The van der Waals surface area contributed by atoms with Gasteiger partial charge in [0.15, 0.2) is 0 Å². The van der Waals surface area contributed by atoms with Crippen LogP contribution in [0.2, 0.25) is 0 Å². The molecule has 4 rings (SSSR count). The molecule has 0 aromatic heterocycles. The zero-order valence-electron chi connectivity index (χ0n) is 20.6. The van der Waals surface area contributed by atoms with Crippen LogP contribution in [0.1, 0.15) is 59.3 Å². The summed E-state index contributed by atoms with van der Waals surface area (Å²) in [6.45, 7) is 7.58. The van der Waals surface area contributed by atoms with Crippen LogP contribution in [0, 0.1) is 11.8 Å². The largest absolute Gasteiger partial charge is 0.465 e. The number of thioether (sulfide) groups is 1. The van der Waals surface area contributed by atoms with Gasteiger partial charge in [0, 0.05) is 30.5 Å². The quantitative estimate of drug-likeness (QED) is 0.320. The second kappa shape index (κ2) is 10.1. The summed E-state index contributed by atoms with van der Waals surface area (Å²) in [4.78, 5) is 45.1. The van der Waals surface area contributed by atoms with Crippen molar-refractivity contribution < 1.29 is 24.2 Å². The van der Waals surface area contributed by atoms with Crippen LogP contribution in [-0.2, 0) is 19.1 Å². The first-order chi connectivity index (χ1) is 16.3. The highest BCUT2D eigenvalue weighted by atomic mass is 32.2. The van der Waals surface area contributed by atoms with E-state index in [1.54, 1.807) is 16.7 Å². The Morgan fingerprint density at radius 2 is 1.94 bits per heavy atom. The Morgan fingerprint density at radius 3 is 2.68 bits per heavy atom. The summed E-state index contributed by atoms with van der Waals surface area (Å²) in [6, 6.07) is -0.573. The molecule has 0 saturated carbocycles. The number of nitrogens with zero attached hydrogens (tertiary/aromatic N) is 2. The molecule has 2 amide bonds. The van der Waals surface area contributed by atoms with Gasteiger partial charge in [-0.3, -0.25) is 14.4 Å². The highest BCUT2D eigenvalue weighted by Crippen LogP contribution is 2.65. The van der Waals surface area contributed by atoms with E-state index in [0.717, 1.165) is 19.3 Å². The highest BCUT2D eigenvalue weighted by Gasteiger charge is 2.73. The predicted molar refractivity (Wildman–Crippen MR) is 132 cm³/mol. The molecule has 2 unspecified atom stereocenters. The molecule has 4 aliphatic rings. The Balaban J connectivity index is 1.78. The summed E-state index contributed by atoms with van der Waals surface area (Å²) in [6.07, 6.45) is 12.9. The van der Waals surface area contributed by atoms with Gasteiger partial charge in [-0.05, 0) is 46.0 Å². The number of rotatable bonds is 8. The molecular formula is C26H38N2O5S. The number of hydrogen-bond acceptors (Lipinski definition) is 6. The topological polar surface area (TPSA) is 87.2 Å². The van der Waals surface area contributed by atoms with Gasteiger partial charge in [0.05, 0.1) is 23.2 Å². The van der Waals surface area contributed by atoms with Crippen LogP contribution in [-0.4, -0.2) is 80.6 Å². The number of cyclic esters (lactones) is 1. The van der Waals surface area contributed by atoms with Crippen molar-refractivity contribution >= 4 is 29.5 Å². The van der Waals surface area contributed by atoms with E-state index >= 15 is 0 Å². The molecule has 188 valence electrons. The van der Waals surface area contributed by atoms with Crippen LogP contribution in [0.5, 0.6) is 0 Å². The standard InChI is InChI=1S/C26H38N2O5S/c1-4-11-18(2)27-15-10-13-26-19(20-24(32)33-17-9-6-12-25(20,3)34-26)22(30)28(21(26)23(27)31)14-7-5-8-16-29/h6,10,12-13,18-21,29H,4-5,7-9,11,14-17H2,1-3H3/t18?,19-,20-,21?,25+,26-/m0/s1. The van der Waals surface area contributed by atoms with Gasteiger partial charge < -0.3 is 19.6 Å². The van der Waals surface area contributed by atoms with Crippen molar-refractivity contribution in [2.24, 2.45) is 11.8 Å². The van der Waals surface area contributed by atoms with Crippen LogP contribution in [0.15, 0.2) is 24.3 Å². The Kier molecular flexibility index (Phi) is 7.48. The summed E-state index contributed by atoms with van der Waals surface area (Å²) in [5.74, 6) is -1.75. The van der Waals surface area contributed by atoms with Gasteiger partial charge in [0.2, 0.25) is 11.8 Å². The molecule has 2 saturated heterocycles. The molecule has 0 aliphatic carbocycles. The molecule has 1 N–H and O–H groups in total. The Labute approximate surface area is 206 Å². The SMILES string of the molecule is CCCC(C)N1CC=C[C@]23S[C@]4(C)C=CCCOC(=O)[C@@H]4[C@H]2C(=O)N(CCCCCO)C3C1=O. The van der Waals surface area contributed by atoms with E-state index in [0.29, 0.717) is 39.0 Å². The number of aliphatic hydroxyl groups excluding tert-OH is 1. The molecule has 7 nitrogen and oxygen atoms in total. The van der Waals surface area contributed by atoms with E-state index in [9.17, 15) is 19.5 Å². The smallest absolute Gasteiger partial charge is 0.311 e. The molecule has 0 radical (unpaired) electrons. The molecular weight excluding hydrogens is 452 g/mol. The molecule has 0 bridgehead atoms. The lowest BCUT2D eigenvalue weighted by Crippen LogP contribution is -2.55. The van der Waals surface area contributed by atoms with Crippen molar-refractivity contribution in [2.75, 3.05) is 26.3 Å². The maximum atomic E-state index is 14.2. The number of fused-ring (bicyclic) bond motifs is 2. The number of hydrogen-bond donors (Lipinski definition) is 1. The van der Waals surface area contributed by atoms with Gasteiger partial charge in [0.25, 0.3) is 0 Å². The van der Waals surface area contributed by atoms with Gasteiger partial charge in [-0.2, -0.15) is 0 Å². The number of ether oxygens (including phenoxy) is 1. The molecule has 2 fully saturated rings. The summed E-state index contributed by atoms with van der Waals surface area (Å²) in [5, 5.41) is 9.18. The molecule has 0 aromatic carbocycles. The van der Waals surface area contributed by atoms with Crippen molar-refractivity contribution in [1.29, 1.82) is 0 Å². The van der Waals surface area contributed by atoms with Crippen molar-refractivity contribution in [3.63, 3.8) is 0 Å². The minimum atomic E-state index is -0.807. The third kappa shape index (κ3) is 4.11. The summed E-state index contributed by atoms with van der Waals surface area (Å²) < 4.78 is 4.15. The number of likely N-dealkylation sites (tertiary alicyclic amines) is 1. The lowest BCUT2D eigenvalue weighted by atomic mass is 9.74. The fourth-order valence-corrected chi connectivity index (χ4v) is 8.44. The van der Waals surface area contributed by atoms with Gasteiger partial charge in [-0.1, -0.05) is 37.6 Å². The van der Waals surface area contributed by atoms with Crippen molar-refractivity contribution in [1.82, 2.24) is 9.80 Å². The molecule has 0 aromatic rings. The minimum Gasteiger partial charge on any atom is -0.465 e. The Hall–Kier alpha value is -1.80. The number of amides is 2. The first-order valence-electron chi connectivity index (χ1n) is 12.7. The molecule has 1 spiro atoms. The monoisotopic (exact) mass is 490 g/mol. The van der Waals surface area contributed by atoms with Gasteiger partial charge >= 0.3 is 5.97 Å². The van der Waals surface area contributed by atoms with Crippen LogP contribution >= 0.6 is 11.8 Å². The molecule has 4 aliphatic heterocycles. The van der Waals surface area contributed by atoms with Crippen molar-refractivity contribution in [2.45, 2.75) is 80.9 Å². The second-order valence-corrected chi connectivity index (χ2v) is 12.0. The van der Waals surface area contributed by atoms with Crippen molar-refractivity contribution in [3.8, 4) is 0 Å². The average Bonchev–Trinajstić information content (AvgIpc) is 3.10. The van der Waals surface area contributed by atoms with E-state index < -0.39 is 27.4 Å². The average molecular weight is 491 g/mol. The first-order valence-corrected chi connectivity index (χ1v) is 13.6. The number of esters is 1. The second-order valence-electron chi connectivity index (χ2n) is 10.2. The third-order valence-electron chi connectivity index (χ3n) is 7.85. The Bertz CT molecular complexity index is 875. The van der Waals surface area contributed by atoms with Crippen LogP contribution in [0.4, 0.5) is 0 Å². The molecule has 4 heterocycles. The Morgan fingerprint density at radius 1 is 1.15 bits per heavy atom. The lowest BCUT2D eigenvalue weighted by Gasteiger charge is -2.38. The fourth-order valence-electron chi connectivity index (χ4n) is 6.29. The van der Waals surface area contributed by atoms with E-state index in [2.05, 4.69) is 26.0 Å².